The molecule has 4 nitrogen and oxygen atoms in total. The summed E-state index contributed by atoms with van der Waals surface area (Å²) >= 11 is 0. The van der Waals surface area contributed by atoms with E-state index in [0.29, 0.717) is 11.3 Å². The maximum absolute atomic E-state index is 13.6. The summed E-state index contributed by atoms with van der Waals surface area (Å²) in [6.45, 7) is 1.80. The zero-order valence-corrected chi connectivity index (χ0v) is 10.1. The number of carboxylic acid groups (broad SMARTS) is 1. The van der Waals surface area contributed by atoms with Crippen molar-refractivity contribution >= 4 is 5.97 Å². The van der Waals surface area contributed by atoms with Gasteiger partial charge in [-0.25, -0.2) is 4.39 Å². The summed E-state index contributed by atoms with van der Waals surface area (Å²) in [7, 11) is 3.11. The quantitative estimate of drug-likeness (QED) is 0.853. The summed E-state index contributed by atoms with van der Waals surface area (Å²) in [6.07, 6.45) is 0. The first-order chi connectivity index (χ1) is 7.95. The van der Waals surface area contributed by atoms with E-state index in [0.717, 1.165) is 0 Å². The van der Waals surface area contributed by atoms with Gasteiger partial charge >= 0.3 is 5.97 Å². The molecule has 0 aliphatic heterocycles. The van der Waals surface area contributed by atoms with E-state index in [9.17, 15) is 9.18 Å². The summed E-state index contributed by atoms with van der Waals surface area (Å²) < 4.78 is 18.5. The molecule has 0 radical (unpaired) electrons. The van der Waals surface area contributed by atoms with Crippen LogP contribution in [0.4, 0.5) is 4.39 Å². The second-order valence-electron chi connectivity index (χ2n) is 3.89. The van der Waals surface area contributed by atoms with Crippen molar-refractivity contribution in [2.45, 2.75) is 19.5 Å². The molecule has 1 aromatic rings. The average Bonchev–Trinajstić information content (AvgIpc) is 2.30. The maximum Gasteiger partial charge on any atom is 0.320 e. The monoisotopic (exact) mass is 241 g/mol. The number of aliphatic carboxylic acids is 1. The number of carbonyl (C=O) groups is 1. The third-order valence-corrected chi connectivity index (χ3v) is 2.70. The van der Waals surface area contributed by atoms with E-state index in [2.05, 4.69) is 0 Å². The molecule has 17 heavy (non-hydrogen) atoms. The van der Waals surface area contributed by atoms with E-state index < -0.39 is 17.8 Å². The van der Waals surface area contributed by atoms with Gasteiger partial charge in [-0.1, -0.05) is 6.07 Å². The summed E-state index contributed by atoms with van der Waals surface area (Å²) in [5, 5.41) is 8.83. The van der Waals surface area contributed by atoms with Crippen LogP contribution >= 0.6 is 0 Å². The maximum atomic E-state index is 13.6. The molecular weight excluding hydrogens is 225 g/mol. The largest absolute Gasteiger partial charge is 0.497 e. The van der Waals surface area contributed by atoms with Gasteiger partial charge in [0.2, 0.25) is 0 Å². The Morgan fingerprint density at radius 1 is 1.59 bits per heavy atom. The van der Waals surface area contributed by atoms with Crippen molar-refractivity contribution in [3.63, 3.8) is 0 Å². The molecule has 0 heterocycles. The number of halogens is 1. The van der Waals surface area contributed by atoms with Gasteiger partial charge < -0.3 is 9.84 Å². The van der Waals surface area contributed by atoms with Crippen LogP contribution in [0, 0.1) is 5.82 Å². The lowest BCUT2D eigenvalue weighted by molar-refractivity contribution is -0.142. The van der Waals surface area contributed by atoms with Crippen LogP contribution in [0.5, 0.6) is 5.75 Å². The molecule has 0 saturated heterocycles. The highest BCUT2D eigenvalue weighted by atomic mass is 19.1. The smallest absolute Gasteiger partial charge is 0.320 e. The SMILES string of the molecule is COc1ccc(CN(C)C(C)C(=O)O)c(F)c1. The van der Waals surface area contributed by atoms with Crippen molar-refractivity contribution in [3.8, 4) is 5.75 Å². The fraction of sp³-hybridized carbons (Fsp3) is 0.417. The molecule has 0 aliphatic carbocycles. The molecule has 0 aliphatic rings. The van der Waals surface area contributed by atoms with Gasteiger partial charge in [-0.15, -0.1) is 0 Å². The fourth-order valence-corrected chi connectivity index (χ4v) is 1.38. The highest BCUT2D eigenvalue weighted by Gasteiger charge is 2.18. The van der Waals surface area contributed by atoms with E-state index in [1.54, 1.807) is 31.0 Å². The Labute approximate surface area is 99.6 Å². The number of benzene rings is 1. The number of carboxylic acids is 1. The van der Waals surface area contributed by atoms with Crippen LogP contribution in [0.25, 0.3) is 0 Å². The van der Waals surface area contributed by atoms with Gasteiger partial charge in [0, 0.05) is 18.2 Å². The number of hydrogen-bond acceptors (Lipinski definition) is 3. The second kappa shape index (κ2) is 5.63. The lowest BCUT2D eigenvalue weighted by Gasteiger charge is -2.21. The van der Waals surface area contributed by atoms with Gasteiger partial charge in [-0.3, -0.25) is 9.69 Å². The zero-order chi connectivity index (χ0) is 13.0. The summed E-state index contributed by atoms with van der Waals surface area (Å²) in [5.74, 6) is -0.879. The Morgan fingerprint density at radius 2 is 2.24 bits per heavy atom. The third kappa shape index (κ3) is 3.42. The van der Waals surface area contributed by atoms with Crippen LogP contribution < -0.4 is 4.74 Å². The van der Waals surface area contributed by atoms with Crippen LogP contribution in [-0.4, -0.2) is 36.2 Å². The minimum atomic E-state index is -0.929. The minimum Gasteiger partial charge on any atom is -0.497 e. The summed E-state index contributed by atoms with van der Waals surface area (Å²) in [5.41, 5.74) is 0.446. The molecule has 1 aromatic carbocycles. The Morgan fingerprint density at radius 3 is 2.71 bits per heavy atom. The van der Waals surface area contributed by atoms with Gasteiger partial charge in [0.05, 0.1) is 7.11 Å². The van der Waals surface area contributed by atoms with Gasteiger partial charge in [0.25, 0.3) is 0 Å². The predicted octanol–water partition coefficient (Wildman–Crippen LogP) is 1.74. The third-order valence-electron chi connectivity index (χ3n) is 2.70. The topological polar surface area (TPSA) is 49.8 Å². The number of likely N-dealkylation sites (N-methyl/N-ethyl adjacent to an activating group) is 1. The average molecular weight is 241 g/mol. The molecule has 1 unspecified atom stereocenters. The summed E-state index contributed by atoms with van der Waals surface area (Å²) in [4.78, 5) is 12.3. The molecule has 0 saturated carbocycles. The highest BCUT2D eigenvalue weighted by molar-refractivity contribution is 5.72. The first-order valence-electron chi connectivity index (χ1n) is 5.21. The minimum absolute atomic E-state index is 0.239. The Kier molecular flexibility index (Phi) is 4.45. The van der Waals surface area contributed by atoms with Crippen molar-refractivity contribution in [1.82, 2.24) is 4.90 Å². The van der Waals surface area contributed by atoms with Crippen molar-refractivity contribution in [1.29, 1.82) is 0 Å². The van der Waals surface area contributed by atoms with Gasteiger partial charge in [0.1, 0.15) is 17.6 Å². The molecule has 0 aromatic heterocycles. The molecule has 0 spiro atoms. The lowest BCUT2D eigenvalue weighted by Crippen LogP contribution is -2.35. The van der Waals surface area contributed by atoms with Crippen LogP contribution in [0.1, 0.15) is 12.5 Å². The number of ether oxygens (including phenoxy) is 1. The van der Waals surface area contributed by atoms with Crippen molar-refractivity contribution in [2.24, 2.45) is 0 Å². The van der Waals surface area contributed by atoms with E-state index in [1.807, 2.05) is 0 Å². The predicted molar refractivity (Wildman–Crippen MR) is 61.5 cm³/mol. The Balaban J connectivity index is 2.78. The Hall–Kier alpha value is -1.62. The standard InChI is InChI=1S/C12H16FNO3/c1-8(12(15)16)14(2)7-9-4-5-10(17-3)6-11(9)13/h4-6,8H,7H2,1-3H3,(H,15,16). The fourth-order valence-electron chi connectivity index (χ4n) is 1.38. The van der Waals surface area contributed by atoms with Crippen LogP contribution in [-0.2, 0) is 11.3 Å². The zero-order valence-electron chi connectivity index (χ0n) is 10.1. The molecule has 0 amide bonds. The molecule has 0 bridgehead atoms. The lowest BCUT2D eigenvalue weighted by atomic mass is 10.1. The first-order valence-corrected chi connectivity index (χ1v) is 5.21. The number of methoxy groups -OCH3 is 1. The van der Waals surface area contributed by atoms with E-state index in [4.69, 9.17) is 9.84 Å². The number of nitrogens with zero attached hydrogens (tertiary/aromatic N) is 1. The van der Waals surface area contributed by atoms with E-state index in [1.165, 1.54) is 13.2 Å². The summed E-state index contributed by atoms with van der Waals surface area (Å²) in [6, 6.07) is 3.88. The van der Waals surface area contributed by atoms with Crippen LogP contribution in [0.15, 0.2) is 18.2 Å². The molecular formula is C12H16FNO3. The van der Waals surface area contributed by atoms with Crippen molar-refractivity contribution in [3.05, 3.63) is 29.6 Å². The van der Waals surface area contributed by atoms with Crippen molar-refractivity contribution in [2.75, 3.05) is 14.2 Å². The number of hydrogen-bond donors (Lipinski definition) is 1. The van der Waals surface area contributed by atoms with E-state index in [-0.39, 0.29) is 6.54 Å². The molecule has 5 heteroatoms. The van der Waals surface area contributed by atoms with E-state index >= 15 is 0 Å². The van der Waals surface area contributed by atoms with Crippen LogP contribution in [0.2, 0.25) is 0 Å². The molecule has 94 valence electrons. The Bertz CT molecular complexity index is 409. The normalized spacial score (nSPS) is 12.5. The van der Waals surface area contributed by atoms with Crippen LogP contribution in [0.3, 0.4) is 0 Å². The van der Waals surface area contributed by atoms with Gasteiger partial charge in [-0.05, 0) is 20.0 Å². The highest BCUT2D eigenvalue weighted by Crippen LogP contribution is 2.17. The molecule has 1 atom stereocenters. The van der Waals surface area contributed by atoms with Gasteiger partial charge in [-0.2, -0.15) is 0 Å². The molecule has 0 fully saturated rings. The van der Waals surface area contributed by atoms with Gasteiger partial charge in [0.15, 0.2) is 0 Å². The first kappa shape index (κ1) is 13.4. The molecule has 1 rings (SSSR count). The van der Waals surface area contributed by atoms with Crippen molar-refractivity contribution < 1.29 is 19.0 Å². The molecule has 1 N–H and O–H groups in total. The second-order valence-corrected chi connectivity index (χ2v) is 3.89. The number of rotatable bonds is 5.